The monoisotopic (exact) mass is 550 g/mol. The van der Waals surface area contributed by atoms with E-state index in [0.29, 0.717) is 38.3 Å². The number of amides is 3. The largest absolute Gasteiger partial charge is 0.354 e. The molecule has 3 fully saturated rings. The zero-order chi connectivity index (χ0) is 28.3. The lowest BCUT2D eigenvalue weighted by Crippen LogP contribution is -2.63. The van der Waals surface area contributed by atoms with Crippen LogP contribution in [-0.4, -0.2) is 86.5 Å². The Balaban J connectivity index is 1.14. The van der Waals surface area contributed by atoms with E-state index in [1.54, 1.807) is 22.1 Å². The fourth-order valence-corrected chi connectivity index (χ4v) is 6.02. The zero-order valence-corrected chi connectivity index (χ0v) is 23.4. The molecule has 0 spiro atoms. The Morgan fingerprint density at radius 2 is 1.68 bits per heavy atom. The molecule has 40 heavy (non-hydrogen) atoms. The highest BCUT2D eigenvalue weighted by Crippen LogP contribution is 2.31. The van der Waals surface area contributed by atoms with Crippen molar-refractivity contribution in [2.24, 2.45) is 11.5 Å². The van der Waals surface area contributed by atoms with Crippen molar-refractivity contribution >= 4 is 17.8 Å². The van der Waals surface area contributed by atoms with Gasteiger partial charge in [0.1, 0.15) is 5.82 Å². The molecule has 2 aromatic rings. The van der Waals surface area contributed by atoms with E-state index in [2.05, 4.69) is 34.3 Å². The number of piperazine rings is 1. The molecule has 5 rings (SSSR count). The van der Waals surface area contributed by atoms with Crippen LogP contribution in [0.25, 0.3) is 5.69 Å². The van der Waals surface area contributed by atoms with E-state index < -0.39 is 11.2 Å². The molecule has 11 nitrogen and oxygen atoms in total. The van der Waals surface area contributed by atoms with Gasteiger partial charge in [-0.1, -0.05) is 19.1 Å². The summed E-state index contributed by atoms with van der Waals surface area (Å²) in [6.07, 6.45) is 8.50. The first-order valence-corrected chi connectivity index (χ1v) is 14.6. The first-order valence-electron chi connectivity index (χ1n) is 14.6. The summed E-state index contributed by atoms with van der Waals surface area (Å²) in [7, 11) is 0. The first-order chi connectivity index (χ1) is 19.3. The summed E-state index contributed by atoms with van der Waals surface area (Å²) in [5.41, 5.74) is 13.0. The maximum Gasteiger partial charge on any atom is 0.354 e. The van der Waals surface area contributed by atoms with Gasteiger partial charge in [0, 0.05) is 51.0 Å². The average molecular weight is 551 g/mol. The number of nitrogens with two attached hydrogens (primary N) is 2. The van der Waals surface area contributed by atoms with Crippen molar-refractivity contribution in [2.45, 2.75) is 76.0 Å². The summed E-state index contributed by atoms with van der Waals surface area (Å²) in [5, 5.41) is 2.72. The van der Waals surface area contributed by atoms with Crippen molar-refractivity contribution in [3.05, 3.63) is 52.6 Å². The SMILES string of the molecule is CCN(Cc1ccc(-n2ccc(NC(=O)N3CCN(C(=O)C4(N)CCC4)CC3)nc2=O)cc1)[C@H]1CC[C@H](N)CC1. The Kier molecular flexibility index (Phi) is 8.53. The molecule has 3 amide bonds. The molecule has 5 N–H and O–H groups in total. The van der Waals surface area contributed by atoms with Gasteiger partial charge in [0.05, 0.1) is 11.2 Å². The average Bonchev–Trinajstić information content (AvgIpc) is 2.95. The summed E-state index contributed by atoms with van der Waals surface area (Å²) < 4.78 is 1.47. The van der Waals surface area contributed by atoms with Gasteiger partial charge in [-0.2, -0.15) is 4.98 Å². The fourth-order valence-electron chi connectivity index (χ4n) is 6.02. The summed E-state index contributed by atoms with van der Waals surface area (Å²) in [6, 6.07) is 10.1. The number of hydrogen-bond acceptors (Lipinski definition) is 7. The van der Waals surface area contributed by atoms with Gasteiger partial charge in [0.15, 0.2) is 0 Å². The van der Waals surface area contributed by atoms with Crippen molar-refractivity contribution in [1.82, 2.24) is 24.3 Å². The third kappa shape index (κ3) is 6.21. The number of aromatic nitrogens is 2. The number of urea groups is 1. The molecular formula is C29H42N8O3. The van der Waals surface area contributed by atoms with Crippen molar-refractivity contribution in [1.29, 1.82) is 0 Å². The second-order valence-corrected chi connectivity index (χ2v) is 11.5. The Morgan fingerprint density at radius 1 is 1.02 bits per heavy atom. The quantitative estimate of drug-likeness (QED) is 0.478. The van der Waals surface area contributed by atoms with Gasteiger partial charge in [-0.05, 0) is 75.3 Å². The molecule has 3 aliphatic rings. The molecule has 11 heteroatoms. The van der Waals surface area contributed by atoms with E-state index in [0.717, 1.165) is 63.7 Å². The van der Waals surface area contributed by atoms with Gasteiger partial charge in [-0.15, -0.1) is 0 Å². The van der Waals surface area contributed by atoms with Gasteiger partial charge in [-0.3, -0.25) is 19.6 Å². The molecule has 1 aromatic carbocycles. The van der Waals surface area contributed by atoms with Crippen LogP contribution in [0.2, 0.25) is 0 Å². The lowest BCUT2D eigenvalue weighted by Gasteiger charge is -2.43. The minimum atomic E-state index is -0.724. The first kappa shape index (κ1) is 28.3. The molecule has 1 saturated heterocycles. The molecule has 2 heterocycles. The number of rotatable bonds is 7. The lowest BCUT2D eigenvalue weighted by atomic mass is 9.76. The molecule has 1 aliphatic heterocycles. The van der Waals surface area contributed by atoms with Crippen LogP contribution in [-0.2, 0) is 11.3 Å². The smallest absolute Gasteiger partial charge is 0.338 e. The van der Waals surface area contributed by atoms with Crippen LogP contribution >= 0.6 is 0 Å². The van der Waals surface area contributed by atoms with Crippen LogP contribution in [0.1, 0.15) is 57.4 Å². The van der Waals surface area contributed by atoms with Crippen LogP contribution in [0.5, 0.6) is 0 Å². The van der Waals surface area contributed by atoms with Crippen LogP contribution < -0.4 is 22.5 Å². The standard InChI is InChI=1S/C29H42N8O3/c1-2-34(23-10-6-22(30)7-11-23)20-21-4-8-24(9-5-21)37-15-12-25(33-28(37)40)32-27(39)36-18-16-35(17-19-36)26(38)29(31)13-3-14-29/h4-5,8-9,12,15,22-23H,2-3,6-7,10-11,13-14,16-20,30-31H2,1H3,(H,32,33,39,40)/t22-,23-. The van der Waals surface area contributed by atoms with E-state index in [9.17, 15) is 14.4 Å². The molecular weight excluding hydrogens is 508 g/mol. The lowest BCUT2D eigenvalue weighted by molar-refractivity contribution is -0.141. The highest BCUT2D eigenvalue weighted by Gasteiger charge is 2.43. The fraction of sp³-hybridized carbons (Fsp3) is 0.586. The summed E-state index contributed by atoms with van der Waals surface area (Å²) in [5.74, 6) is 0.178. The Labute approximate surface area is 235 Å². The molecule has 0 bridgehead atoms. The number of benzene rings is 1. The third-order valence-electron chi connectivity index (χ3n) is 8.83. The Bertz CT molecular complexity index is 1240. The molecule has 0 radical (unpaired) electrons. The van der Waals surface area contributed by atoms with E-state index in [4.69, 9.17) is 11.5 Å². The highest BCUT2D eigenvalue weighted by atomic mass is 16.2. The van der Waals surface area contributed by atoms with Crippen molar-refractivity contribution in [3.63, 3.8) is 0 Å². The highest BCUT2D eigenvalue weighted by molar-refractivity contribution is 5.89. The van der Waals surface area contributed by atoms with Crippen LogP contribution in [0.3, 0.4) is 0 Å². The summed E-state index contributed by atoms with van der Waals surface area (Å²) >= 11 is 0. The number of anilines is 1. The number of hydrogen-bond donors (Lipinski definition) is 3. The van der Waals surface area contributed by atoms with Gasteiger partial charge in [0.25, 0.3) is 0 Å². The van der Waals surface area contributed by atoms with E-state index in [1.165, 1.54) is 10.1 Å². The van der Waals surface area contributed by atoms with Gasteiger partial charge in [-0.25, -0.2) is 9.59 Å². The summed E-state index contributed by atoms with van der Waals surface area (Å²) in [6.45, 7) is 5.75. The minimum Gasteiger partial charge on any atom is -0.338 e. The maximum absolute atomic E-state index is 12.8. The number of nitrogens with one attached hydrogen (secondary N) is 1. The zero-order valence-electron chi connectivity index (χ0n) is 23.4. The van der Waals surface area contributed by atoms with Crippen LogP contribution in [0, 0.1) is 0 Å². The second-order valence-electron chi connectivity index (χ2n) is 11.5. The van der Waals surface area contributed by atoms with E-state index >= 15 is 0 Å². The summed E-state index contributed by atoms with van der Waals surface area (Å²) in [4.78, 5) is 48.2. The van der Waals surface area contributed by atoms with E-state index in [-0.39, 0.29) is 17.8 Å². The van der Waals surface area contributed by atoms with Crippen molar-refractivity contribution in [3.8, 4) is 5.69 Å². The number of carbonyl (C=O) groups excluding carboxylic acids is 2. The number of carbonyl (C=O) groups is 2. The van der Waals surface area contributed by atoms with Gasteiger partial charge < -0.3 is 21.3 Å². The van der Waals surface area contributed by atoms with Crippen LogP contribution in [0.4, 0.5) is 10.6 Å². The van der Waals surface area contributed by atoms with Crippen molar-refractivity contribution < 1.29 is 9.59 Å². The Hall–Kier alpha value is -3.28. The molecule has 0 atom stereocenters. The topological polar surface area (TPSA) is 143 Å². The molecule has 2 saturated carbocycles. The molecule has 2 aliphatic carbocycles. The van der Waals surface area contributed by atoms with Gasteiger partial charge in [0.2, 0.25) is 5.91 Å². The predicted molar refractivity (Wildman–Crippen MR) is 154 cm³/mol. The van der Waals surface area contributed by atoms with Crippen molar-refractivity contribution in [2.75, 3.05) is 38.0 Å². The molecule has 216 valence electrons. The molecule has 1 aromatic heterocycles. The number of nitrogens with zero attached hydrogens (tertiary/aromatic N) is 5. The third-order valence-corrected chi connectivity index (χ3v) is 8.83. The van der Waals surface area contributed by atoms with Crippen LogP contribution in [0.15, 0.2) is 41.3 Å². The predicted octanol–water partition coefficient (Wildman–Crippen LogP) is 1.88. The second kappa shape index (κ2) is 12.1. The Morgan fingerprint density at radius 3 is 2.25 bits per heavy atom. The minimum absolute atomic E-state index is 0.0192. The normalized spacial score (nSPS) is 22.6. The molecule has 0 unspecified atom stereocenters. The van der Waals surface area contributed by atoms with E-state index in [1.807, 2.05) is 12.1 Å². The maximum atomic E-state index is 12.8. The van der Waals surface area contributed by atoms with Gasteiger partial charge >= 0.3 is 11.7 Å².